The third kappa shape index (κ3) is 8.15. The molecule has 0 saturated carbocycles. The van der Waals surface area contributed by atoms with Gasteiger partial charge in [0.05, 0.1) is 0 Å². The molecule has 0 saturated heterocycles. The van der Waals surface area contributed by atoms with Gasteiger partial charge in [0.15, 0.2) is 0 Å². The van der Waals surface area contributed by atoms with Gasteiger partial charge < -0.3 is 0 Å². The summed E-state index contributed by atoms with van der Waals surface area (Å²) >= 11 is 3.40. The van der Waals surface area contributed by atoms with Gasteiger partial charge in [-0.15, -0.1) is 0 Å². The Kier molecular flexibility index (Phi) is 8.20. The summed E-state index contributed by atoms with van der Waals surface area (Å²) in [5.41, 5.74) is 5.54. The van der Waals surface area contributed by atoms with E-state index in [9.17, 15) is 0 Å². The van der Waals surface area contributed by atoms with E-state index >= 15 is 0 Å². The topological polar surface area (TPSA) is 26.0 Å². The maximum absolute atomic E-state index is 5.54. The quantitative estimate of drug-likeness (QED) is 0.266. The van der Waals surface area contributed by atoms with Crippen LogP contribution in [0.4, 0.5) is 0 Å². The van der Waals surface area contributed by atoms with Gasteiger partial charge in [0.2, 0.25) is 0 Å². The Balaban J connectivity index is 2.68. The first kappa shape index (κ1) is 9.15. The molecule has 0 rings (SSSR count). The monoisotopic (exact) mass is 439 g/mol. The molecule has 0 heterocycles. The Morgan fingerprint density at radius 1 is 1.86 bits per heavy atom. The number of hydrogen-bond donors (Lipinski definition) is 1. The summed E-state index contributed by atoms with van der Waals surface area (Å²) in [5.74, 6) is 0. The molecule has 1 nitrogen and oxygen atoms in total. The van der Waals surface area contributed by atoms with Gasteiger partial charge in [0, 0.05) is 0 Å². The second kappa shape index (κ2) is 6.27. The Morgan fingerprint density at radius 2 is 2.43 bits per heavy atom. The zero-order valence-corrected chi connectivity index (χ0v) is 10.5. The molecule has 0 aliphatic rings. The van der Waals surface area contributed by atoms with Crippen molar-refractivity contribution < 1.29 is 38.4 Å². The molecule has 0 amide bonds. The number of alkyl halides is 3. The van der Waals surface area contributed by atoms with Crippen molar-refractivity contribution in [3.63, 3.8) is 0 Å². The van der Waals surface area contributed by atoms with Gasteiger partial charge in [-0.05, 0) is 0 Å². The molecule has 0 aliphatic carbocycles. The van der Waals surface area contributed by atoms with Crippen LogP contribution in [-0.2, 0) is 0 Å². The molecule has 0 bridgehead atoms. The van der Waals surface area contributed by atoms with Crippen molar-refractivity contribution >= 4 is 18.6 Å². The maximum atomic E-state index is 5.54. The summed E-state index contributed by atoms with van der Waals surface area (Å²) < 4.78 is 2.02. The van der Waals surface area contributed by atoms with Crippen molar-refractivity contribution in [2.45, 2.75) is 11.0 Å². The van der Waals surface area contributed by atoms with E-state index in [4.69, 9.17) is 5.73 Å². The predicted octanol–water partition coefficient (Wildman–Crippen LogP) is -5.22. The van der Waals surface area contributed by atoms with E-state index in [1.165, 1.54) is 2.43 Å². The fourth-order valence-corrected chi connectivity index (χ4v) is 10.8. The first-order valence-corrected chi connectivity index (χ1v) is 12.4. The van der Waals surface area contributed by atoms with Gasteiger partial charge in [-0.25, -0.2) is 0 Å². The zero-order valence-electron chi connectivity index (χ0n) is 4.00. The van der Waals surface area contributed by atoms with Gasteiger partial charge in [0.1, 0.15) is 0 Å². The molecule has 7 heavy (non-hydrogen) atoms. The molecule has 48 valence electrons. The van der Waals surface area contributed by atoms with E-state index < -0.39 is 0 Å². The number of rotatable bonds is 3. The Labute approximate surface area is 74.9 Å². The van der Waals surface area contributed by atoms with E-state index in [2.05, 4.69) is 25.5 Å². The minimum absolute atomic E-state index is 0.384. The average Bonchev–Trinajstić information content (AvgIpc) is 1.61. The molecule has 0 aliphatic heterocycles. The second-order valence-corrected chi connectivity index (χ2v) is 12.8. The number of halogens is 3. The van der Waals surface area contributed by atoms with Gasteiger partial charge in [-0.2, -0.15) is 0 Å². The van der Waals surface area contributed by atoms with Crippen LogP contribution >= 0.6 is 18.6 Å². The van der Waals surface area contributed by atoms with Crippen LogP contribution in [0.1, 0.15) is 6.92 Å². The molecule has 0 unspecified atom stereocenters. The van der Waals surface area contributed by atoms with Gasteiger partial charge >= 0.3 is 76.2 Å². The van der Waals surface area contributed by atoms with E-state index in [0.29, 0.717) is 42.5 Å². The predicted molar refractivity (Wildman–Crippen MR) is 32.5 cm³/mol. The normalized spacial score (nSPS) is 15.3. The van der Waals surface area contributed by atoms with E-state index in [0.717, 1.165) is 0 Å². The van der Waals surface area contributed by atoms with Crippen LogP contribution in [0.25, 0.3) is 0 Å². The minimum atomic E-state index is 0.384. The van der Waals surface area contributed by atoms with Gasteiger partial charge in [-0.1, -0.05) is 0 Å². The van der Waals surface area contributed by atoms with Crippen LogP contribution in [0.15, 0.2) is 0 Å². The molecule has 0 radical (unpaired) electrons. The first-order valence-electron chi connectivity index (χ1n) is 1.81. The molecule has 4 heteroatoms. The molecule has 0 aromatic heterocycles. The van der Waals surface area contributed by atoms with E-state index in [1.54, 1.807) is 0 Å². The van der Waals surface area contributed by atoms with Crippen molar-refractivity contribution in [1.29, 1.82) is 0 Å². The van der Waals surface area contributed by atoms with Crippen LogP contribution in [0, 0.1) is 0 Å². The molecule has 0 fully saturated rings. The third-order valence-corrected chi connectivity index (χ3v) is 15.8. The van der Waals surface area contributed by atoms with Crippen molar-refractivity contribution in [1.82, 2.24) is 0 Å². The summed E-state index contributed by atoms with van der Waals surface area (Å²) in [5, 5.41) is 0. The molecular formula is C3H8I3N-2. The Morgan fingerprint density at radius 3 is 2.57 bits per heavy atom. The molecule has 0 aromatic carbocycles. The SMILES string of the molecule is C[C@@H](N)[I-]C[I-]I. The van der Waals surface area contributed by atoms with Crippen molar-refractivity contribution in [3.05, 3.63) is 0 Å². The average molecular weight is 439 g/mol. The number of hydrogen-bond acceptors (Lipinski definition) is 1. The first-order chi connectivity index (χ1) is 3.27. The van der Waals surface area contributed by atoms with Crippen LogP contribution in [0.2, 0.25) is 0 Å². The standard InChI is InChI=1S/C3H8I3N/c1-3(7)5-2-6-4/h3H,2,7H2,1H3/q-2/t3-/m1/s1. The molecule has 1 atom stereocenters. The van der Waals surface area contributed by atoms with E-state index in [-0.39, 0.29) is 0 Å². The van der Waals surface area contributed by atoms with Crippen LogP contribution in [0.5, 0.6) is 0 Å². The van der Waals surface area contributed by atoms with Crippen LogP contribution in [-0.4, -0.2) is 6.48 Å². The molecule has 0 aromatic rings. The molecule has 2 N–H and O–H groups in total. The summed E-state index contributed by atoms with van der Waals surface area (Å²) in [6, 6.07) is 0. The second-order valence-electron chi connectivity index (χ2n) is 1.03. The number of nitrogens with two attached hydrogens (primary N) is 1. The molecule has 0 spiro atoms. The van der Waals surface area contributed by atoms with Crippen LogP contribution < -0.4 is 44.2 Å². The fourth-order valence-electron chi connectivity index (χ4n) is 0.114. The summed E-state index contributed by atoms with van der Waals surface area (Å²) in [6.45, 7) is 2.11. The molecular weight excluding hydrogens is 431 g/mol. The summed E-state index contributed by atoms with van der Waals surface area (Å²) in [6.07, 6.45) is 0. The zero-order chi connectivity index (χ0) is 5.70. The fraction of sp³-hybridized carbons (Fsp3) is 1.00. The van der Waals surface area contributed by atoms with Crippen LogP contribution in [0.3, 0.4) is 0 Å². The Bertz CT molecular complexity index is 39.2. The van der Waals surface area contributed by atoms with Gasteiger partial charge in [0.25, 0.3) is 0 Å². The summed E-state index contributed by atoms with van der Waals surface area (Å²) in [4.78, 5) is 0. The van der Waals surface area contributed by atoms with E-state index in [1.807, 2.05) is 0 Å². The Hall–Kier alpha value is 2.15. The summed E-state index contributed by atoms with van der Waals surface area (Å²) in [7, 11) is 0. The van der Waals surface area contributed by atoms with Crippen molar-refractivity contribution in [2.75, 3.05) is 2.43 Å². The van der Waals surface area contributed by atoms with Crippen molar-refractivity contribution in [2.24, 2.45) is 5.73 Å². The van der Waals surface area contributed by atoms with Gasteiger partial charge in [-0.3, -0.25) is 0 Å². The van der Waals surface area contributed by atoms with Crippen molar-refractivity contribution in [3.8, 4) is 0 Å². The third-order valence-electron chi connectivity index (χ3n) is 0.340.